The maximum absolute atomic E-state index is 12.1. The van der Waals surface area contributed by atoms with Gasteiger partial charge in [0.2, 0.25) is 0 Å². The molecule has 5 rings (SSSR count). The van der Waals surface area contributed by atoms with Gasteiger partial charge >= 0.3 is 0 Å². The van der Waals surface area contributed by atoms with Crippen molar-refractivity contribution in [3.8, 4) is 0 Å². The summed E-state index contributed by atoms with van der Waals surface area (Å²) in [4.78, 5) is 8.64. The molecule has 0 amide bonds. The zero-order valence-corrected chi connectivity index (χ0v) is 15.9. The molecule has 0 aliphatic heterocycles. The number of rotatable bonds is 5. The number of nitrogens with zero attached hydrogens (tertiary/aromatic N) is 5. The van der Waals surface area contributed by atoms with Crippen LogP contribution in [0.4, 0.5) is 0 Å². The van der Waals surface area contributed by atoms with Crippen molar-refractivity contribution < 1.29 is 8.42 Å². The molecule has 1 unspecified atom stereocenters. The number of sulfonamides is 1. The summed E-state index contributed by atoms with van der Waals surface area (Å²) in [5, 5.41) is 8.33. The van der Waals surface area contributed by atoms with Gasteiger partial charge < -0.3 is 0 Å². The lowest BCUT2D eigenvalue weighted by Gasteiger charge is -2.19. The molecule has 1 N–H and O–H groups in total. The molecule has 2 aliphatic rings. The summed E-state index contributed by atoms with van der Waals surface area (Å²) in [6.45, 7) is 2.18. The Morgan fingerprint density at radius 1 is 1.33 bits per heavy atom. The Hall–Kier alpha value is -2.29. The summed E-state index contributed by atoms with van der Waals surface area (Å²) in [7, 11) is -3.30. The van der Waals surface area contributed by atoms with Crippen molar-refractivity contribution in [3.63, 3.8) is 0 Å². The van der Waals surface area contributed by atoms with Crippen LogP contribution in [0.15, 0.2) is 22.9 Å². The Balaban J connectivity index is 1.48. The van der Waals surface area contributed by atoms with Crippen molar-refractivity contribution in [2.75, 3.05) is 0 Å². The standard InChI is InChI=1S/C18H22N6O2S/c1-2-12-7-11(9-21-27(25,26)13-3-4-13)8-16(12)24-17-14-5-6-19-18(14)20-10-15(17)22-23-24/h5-6,9-13,16,23H,2-4,7-8H2,1H3/t11?,12-,16+/m1/s1. The molecule has 0 spiro atoms. The first-order chi connectivity index (χ1) is 13.1. The Kier molecular flexibility index (Phi) is 3.82. The SMILES string of the molecule is CC[C@@H]1CC(C=NS(=O)(=O)C2CC2)C[C@@H]1n1[nH]nc2cnc3nccc3c21. The van der Waals surface area contributed by atoms with Crippen LogP contribution in [0.2, 0.25) is 0 Å². The van der Waals surface area contributed by atoms with E-state index in [0.717, 1.165) is 54.2 Å². The molecule has 2 fully saturated rings. The van der Waals surface area contributed by atoms with E-state index in [4.69, 9.17) is 0 Å². The second kappa shape index (κ2) is 6.12. The van der Waals surface area contributed by atoms with Gasteiger partial charge in [0.15, 0.2) is 5.65 Å². The lowest BCUT2D eigenvalue weighted by Crippen LogP contribution is -2.15. The lowest BCUT2D eigenvalue weighted by atomic mass is 10.00. The van der Waals surface area contributed by atoms with Gasteiger partial charge in [0.25, 0.3) is 10.0 Å². The Labute approximate surface area is 157 Å². The number of pyridine rings is 1. The van der Waals surface area contributed by atoms with Crippen molar-refractivity contribution in [2.24, 2.45) is 16.2 Å². The first-order valence-corrected chi connectivity index (χ1v) is 11.0. The van der Waals surface area contributed by atoms with E-state index in [2.05, 4.69) is 36.3 Å². The van der Waals surface area contributed by atoms with Crippen LogP contribution in [-0.4, -0.2) is 44.8 Å². The van der Waals surface area contributed by atoms with Gasteiger partial charge in [0.1, 0.15) is 5.52 Å². The maximum Gasteiger partial charge on any atom is 0.255 e. The molecule has 0 radical (unpaired) electrons. The molecule has 3 aromatic rings. The van der Waals surface area contributed by atoms with Crippen LogP contribution in [0.1, 0.15) is 45.1 Å². The zero-order chi connectivity index (χ0) is 18.6. The molecule has 9 heteroatoms. The first kappa shape index (κ1) is 16.9. The number of aromatic nitrogens is 5. The highest BCUT2D eigenvalue weighted by atomic mass is 32.2. The monoisotopic (exact) mass is 386 g/mol. The Bertz CT molecular complexity index is 1130. The molecule has 2 aliphatic carbocycles. The predicted octanol–water partition coefficient (Wildman–Crippen LogP) is 2.85. The molecule has 3 atom stereocenters. The smallest absolute Gasteiger partial charge is 0.255 e. The van der Waals surface area contributed by atoms with Crippen LogP contribution >= 0.6 is 0 Å². The predicted molar refractivity (Wildman–Crippen MR) is 103 cm³/mol. The fraction of sp³-hybridized carbons (Fsp3) is 0.556. The number of H-pyrrole nitrogens is 1. The van der Waals surface area contributed by atoms with E-state index in [1.165, 1.54) is 0 Å². The fourth-order valence-corrected chi connectivity index (χ4v) is 5.56. The maximum atomic E-state index is 12.1. The average molecular weight is 386 g/mol. The fourth-order valence-electron chi connectivity index (χ4n) is 4.31. The number of nitrogens with one attached hydrogen (secondary N) is 1. The third-order valence-electron chi connectivity index (χ3n) is 5.92. The molecule has 0 aromatic carbocycles. The van der Waals surface area contributed by atoms with Gasteiger partial charge in [-0.1, -0.05) is 13.3 Å². The van der Waals surface area contributed by atoms with Crippen LogP contribution in [0.25, 0.3) is 22.1 Å². The van der Waals surface area contributed by atoms with Crippen LogP contribution in [0.3, 0.4) is 0 Å². The highest BCUT2D eigenvalue weighted by Crippen LogP contribution is 2.42. The van der Waals surface area contributed by atoms with Gasteiger partial charge in [-0.25, -0.2) is 23.6 Å². The summed E-state index contributed by atoms with van der Waals surface area (Å²) < 4.78 is 30.2. The number of hydrogen-bond acceptors (Lipinski definition) is 5. The number of aromatic amines is 1. The second-order valence-corrected chi connectivity index (χ2v) is 9.60. The van der Waals surface area contributed by atoms with E-state index >= 15 is 0 Å². The first-order valence-electron chi connectivity index (χ1n) is 9.52. The van der Waals surface area contributed by atoms with Crippen molar-refractivity contribution in [1.82, 2.24) is 25.0 Å². The number of fused-ring (bicyclic) bond motifs is 3. The molecule has 8 nitrogen and oxygen atoms in total. The van der Waals surface area contributed by atoms with Gasteiger partial charge in [-0.05, 0) is 43.6 Å². The molecule has 3 aromatic heterocycles. The summed E-state index contributed by atoms with van der Waals surface area (Å²) in [5.41, 5.74) is 2.56. The minimum atomic E-state index is -3.30. The van der Waals surface area contributed by atoms with E-state index in [0.29, 0.717) is 5.92 Å². The largest absolute Gasteiger partial charge is 0.266 e. The third kappa shape index (κ3) is 2.84. The highest BCUT2D eigenvalue weighted by molar-refractivity contribution is 7.91. The normalized spacial score (nSPS) is 26.6. The van der Waals surface area contributed by atoms with Crippen LogP contribution < -0.4 is 0 Å². The van der Waals surface area contributed by atoms with Crippen molar-refractivity contribution in [1.29, 1.82) is 0 Å². The molecule has 3 heterocycles. The van der Waals surface area contributed by atoms with E-state index in [-0.39, 0.29) is 17.2 Å². The molecular formula is C18H22N6O2S. The second-order valence-electron chi connectivity index (χ2n) is 7.69. The third-order valence-corrected chi connectivity index (χ3v) is 7.65. The Morgan fingerprint density at radius 2 is 2.19 bits per heavy atom. The van der Waals surface area contributed by atoms with Gasteiger partial charge in [-0.15, -0.1) is 0 Å². The van der Waals surface area contributed by atoms with E-state index in [1.807, 2.05) is 6.07 Å². The van der Waals surface area contributed by atoms with E-state index < -0.39 is 10.0 Å². The quantitative estimate of drug-likeness (QED) is 0.679. The van der Waals surface area contributed by atoms with E-state index in [9.17, 15) is 8.42 Å². The summed E-state index contributed by atoms with van der Waals surface area (Å²) >= 11 is 0. The van der Waals surface area contributed by atoms with Crippen LogP contribution in [-0.2, 0) is 10.0 Å². The molecular weight excluding hydrogens is 364 g/mol. The van der Waals surface area contributed by atoms with Gasteiger partial charge in [-0.2, -0.15) is 9.50 Å². The minimum Gasteiger partial charge on any atom is -0.266 e. The highest BCUT2D eigenvalue weighted by Gasteiger charge is 2.37. The average Bonchev–Trinajstić information content (AvgIpc) is 3.11. The van der Waals surface area contributed by atoms with Gasteiger partial charge in [0, 0.05) is 17.8 Å². The van der Waals surface area contributed by atoms with Gasteiger partial charge in [0.05, 0.1) is 23.0 Å². The molecule has 0 saturated heterocycles. The molecule has 2 saturated carbocycles. The Morgan fingerprint density at radius 3 is 2.96 bits per heavy atom. The summed E-state index contributed by atoms with van der Waals surface area (Å²) in [5.74, 6) is 0.597. The molecule has 0 bridgehead atoms. The topological polar surface area (TPSA) is 106 Å². The lowest BCUT2D eigenvalue weighted by molar-refractivity contribution is 0.346. The molecule has 142 valence electrons. The number of hydrogen-bond donors (Lipinski definition) is 1. The zero-order valence-electron chi connectivity index (χ0n) is 15.1. The van der Waals surface area contributed by atoms with Crippen LogP contribution in [0.5, 0.6) is 0 Å². The van der Waals surface area contributed by atoms with Crippen LogP contribution in [0, 0.1) is 11.8 Å². The minimum absolute atomic E-state index is 0.162. The van der Waals surface area contributed by atoms with Crippen molar-refractivity contribution in [3.05, 3.63) is 18.5 Å². The van der Waals surface area contributed by atoms with Crippen molar-refractivity contribution in [2.45, 2.75) is 50.3 Å². The molecule has 27 heavy (non-hydrogen) atoms. The van der Waals surface area contributed by atoms with Gasteiger partial charge in [-0.3, -0.25) is 4.68 Å². The summed E-state index contributed by atoms with van der Waals surface area (Å²) in [6, 6.07) is 2.19. The summed E-state index contributed by atoms with van der Waals surface area (Å²) in [6.07, 6.45) is 9.49. The van der Waals surface area contributed by atoms with E-state index in [1.54, 1.807) is 18.6 Å². The van der Waals surface area contributed by atoms with Crippen molar-refractivity contribution >= 4 is 38.3 Å².